The molecule has 152 valence electrons. The third-order valence-electron chi connectivity index (χ3n) is 5.56. The number of aliphatic hydroxyl groups excluding tert-OH is 1. The van der Waals surface area contributed by atoms with Gasteiger partial charge in [-0.05, 0) is 54.8 Å². The number of aliphatic hydroxyl groups is 1. The minimum atomic E-state index is -0.922. The predicted molar refractivity (Wildman–Crippen MR) is 120 cm³/mol. The number of rotatable bonds is 5. The molecule has 4 aromatic rings. The fraction of sp³-hybridized carbons (Fsp3) is 0.200. The zero-order valence-corrected chi connectivity index (χ0v) is 17.4. The molecular formula is C25H25N3O2. The molecule has 30 heavy (non-hydrogen) atoms. The van der Waals surface area contributed by atoms with E-state index in [0.717, 1.165) is 33.4 Å². The Morgan fingerprint density at radius 3 is 2.27 bits per heavy atom. The molecule has 1 aromatic heterocycles. The summed E-state index contributed by atoms with van der Waals surface area (Å²) in [5.74, 6) is 0.385. The van der Waals surface area contributed by atoms with E-state index in [0.29, 0.717) is 5.82 Å². The van der Waals surface area contributed by atoms with Crippen molar-refractivity contribution in [2.24, 2.45) is 0 Å². The number of aromatic nitrogens is 2. The second kappa shape index (κ2) is 8.13. The number of carbonyl (C=O) groups is 1. The number of aryl methyl sites for hydroxylation is 2. The van der Waals surface area contributed by atoms with E-state index in [1.54, 1.807) is 11.9 Å². The normalized spacial score (nSPS) is 12.1. The molecular weight excluding hydrogens is 374 g/mol. The van der Waals surface area contributed by atoms with Crippen LogP contribution in [0.1, 0.15) is 28.6 Å². The van der Waals surface area contributed by atoms with Crippen LogP contribution in [0.15, 0.2) is 72.8 Å². The number of hydrogen-bond acceptors (Lipinski definition) is 3. The third-order valence-corrected chi connectivity index (χ3v) is 5.56. The number of para-hydroxylation sites is 1. The van der Waals surface area contributed by atoms with E-state index in [1.165, 1.54) is 0 Å². The van der Waals surface area contributed by atoms with Crippen molar-refractivity contribution in [1.82, 2.24) is 9.55 Å². The number of amides is 1. The number of benzene rings is 3. The highest BCUT2D eigenvalue weighted by atomic mass is 16.3. The molecule has 1 amide bonds. The maximum atomic E-state index is 13.1. The highest BCUT2D eigenvalue weighted by Crippen LogP contribution is 2.28. The van der Waals surface area contributed by atoms with Crippen LogP contribution in [-0.4, -0.2) is 27.6 Å². The molecule has 1 N–H and O–H groups in total. The molecule has 0 fully saturated rings. The van der Waals surface area contributed by atoms with Crippen LogP contribution in [0.3, 0.4) is 0 Å². The molecule has 0 saturated heterocycles. The summed E-state index contributed by atoms with van der Waals surface area (Å²) >= 11 is 0. The van der Waals surface area contributed by atoms with E-state index < -0.39 is 6.10 Å². The molecule has 0 spiro atoms. The van der Waals surface area contributed by atoms with Gasteiger partial charge in [0.25, 0.3) is 0 Å². The van der Waals surface area contributed by atoms with E-state index in [4.69, 9.17) is 4.98 Å². The van der Waals surface area contributed by atoms with Gasteiger partial charge in [-0.15, -0.1) is 0 Å². The van der Waals surface area contributed by atoms with Gasteiger partial charge in [-0.2, -0.15) is 0 Å². The van der Waals surface area contributed by atoms with Crippen molar-refractivity contribution < 1.29 is 9.90 Å². The van der Waals surface area contributed by atoms with E-state index in [1.807, 2.05) is 91.2 Å². The monoisotopic (exact) mass is 399 g/mol. The molecule has 5 nitrogen and oxygen atoms in total. The summed E-state index contributed by atoms with van der Waals surface area (Å²) in [6.45, 7) is 4.16. The summed E-state index contributed by atoms with van der Waals surface area (Å²) in [6.07, 6.45) is -0.922. The van der Waals surface area contributed by atoms with Gasteiger partial charge in [0.1, 0.15) is 18.5 Å². The Bertz CT molecular complexity index is 1180. The molecule has 0 aliphatic rings. The van der Waals surface area contributed by atoms with Gasteiger partial charge in [-0.3, -0.25) is 4.79 Å². The van der Waals surface area contributed by atoms with Crippen molar-refractivity contribution in [2.75, 3.05) is 11.9 Å². The molecule has 0 bridgehead atoms. The second-order valence-corrected chi connectivity index (χ2v) is 7.58. The van der Waals surface area contributed by atoms with Gasteiger partial charge in [-0.1, -0.05) is 48.5 Å². The average molecular weight is 399 g/mol. The van der Waals surface area contributed by atoms with Gasteiger partial charge in [0.2, 0.25) is 5.91 Å². The zero-order valence-electron chi connectivity index (χ0n) is 17.4. The minimum Gasteiger partial charge on any atom is -0.380 e. The number of carbonyl (C=O) groups excluding carboxylic acids is 1. The first kappa shape index (κ1) is 19.9. The third kappa shape index (κ3) is 3.72. The Kier molecular flexibility index (Phi) is 5.38. The molecule has 0 saturated carbocycles. The second-order valence-electron chi connectivity index (χ2n) is 7.58. The molecule has 1 unspecified atom stereocenters. The molecule has 5 heteroatoms. The number of hydrogen-bond donors (Lipinski definition) is 1. The van der Waals surface area contributed by atoms with Gasteiger partial charge in [-0.25, -0.2) is 4.98 Å². The van der Waals surface area contributed by atoms with Crippen LogP contribution in [0.25, 0.3) is 11.0 Å². The van der Waals surface area contributed by atoms with Gasteiger partial charge >= 0.3 is 0 Å². The van der Waals surface area contributed by atoms with Crippen molar-refractivity contribution >= 4 is 22.6 Å². The first-order valence-electron chi connectivity index (χ1n) is 9.97. The van der Waals surface area contributed by atoms with Crippen LogP contribution in [0.2, 0.25) is 0 Å². The largest absolute Gasteiger partial charge is 0.380 e. The Balaban J connectivity index is 1.78. The highest BCUT2D eigenvalue weighted by molar-refractivity contribution is 5.93. The van der Waals surface area contributed by atoms with E-state index in [2.05, 4.69) is 0 Å². The summed E-state index contributed by atoms with van der Waals surface area (Å²) in [7, 11) is 1.76. The average Bonchev–Trinajstić information content (AvgIpc) is 3.11. The molecule has 1 atom stereocenters. The molecule has 0 radical (unpaired) electrons. The minimum absolute atomic E-state index is 0.0831. The summed E-state index contributed by atoms with van der Waals surface area (Å²) in [5.41, 5.74) is 5.43. The van der Waals surface area contributed by atoms with Crippen LogP contribution < -0.4 is 4.90 Å². The summed E-state index contributed by atoms with van der Waals surface area (Å²) in [4.78, 5) is 19.5. The molecule has 3 aromatic carbocycles. The first-order chi connectivity index (χ1) is 14.5. The standard InChI is InChI=1S/C25H25N3O2/c1-17-14-21-22(15-18(17)2)28(16-23(29)27(3)20-12-8-5-9-13-20)25(26-21)24(30)19-10-6-4-7-11-19/h4-15,24,30H,16H2,1-3H3. The predicted octanol–water partition coefficient (Wildman–Crippen LogP) is 4.40. The van der Waals surface area contributed by atoms with Gasteiger partial charge < -0.3 is 14.6 Å². The lowest BCUT2D eigenvalue weighted by Gasteiger charge is -2.20. The van der Waals surface area contributed by atoms with Crippen molar-refractivity contribution in [3.8, 4) is 0 Å². The Morgan fingerprint density at radius 1 is 1.00 bits per heavy atom. The summed E-state index contributed by atoms with van der Waals surface area (Å²) < 4.78 is 1.83. The van der Waals surface area contributed by atoms with Crippen LogP contribution in [-0.2, 0) is 11.3 Å². The van der Waals surface area contributed by atoms with Crippen LogP contribution in [0.4, 0.5) is 5.69 Å². The quantitative estimate of drug-likeness (QED) is 0.541. The SMILES string of the molecule is Cc1cc2nc(C(O)c3ccccc3)n(CC(=O)N(C)c3ccccc3)c2cc1C. The van der Waals surface area contributed by atoms with Crippen molar-refractivity contribution in [3.63, 3.8) is 0 Å². The van der Waals surface area contributed by atoms with Crippen molar-refractivity contribution in [3.05, 3.63) is 95.3 Å². The van der Waals surface area contributed by atoms with Crippen LogP contribution in [0, 0.1) is 13.8 Å². The van der Waals surface area contributed by atoms with E-state index in [9.17, 15) is 9.90 Å². The molecule has 0 aliphatic heterocycles. The van der Waals surface area contributed by atoms with Crippen molar-refractivity contribution in [2.45, 2.75) is 26.5 Å². The zero-order chi connectivity index (χ0) is 21.3. The van der Waals surface area contributed by atoms with Gasteiger partial charge in [0.15, 0.2) is 0 Å². The number of imidazole rings is 1. The molecule has 1 heterocycles. The number of fused-ring (bicyclic) bond motifs is 1. The maximum Gasteiger partial charge on any atom is 0.246 e. The first-order valence-corrected chi connectivity index (χ1v) is 9.97. The van der Waals surface area contributed by atoms with Crippen molar-refractivity contribution in [1.29, 1.82) is 0 Å². The number of likely N-dealkylation sites (N-methyl/N-ethyl adjacent to an activating group) is 1. The summed E-state index contributed by atoms with van der Waals surface area (Å²) in [5, 5.41) is 11.1. The fourth-order valence-electron chi connectivity index (χ4n) is 3.59. The lowest BCUT2D eigenvalue weighted by Crippen LogP contribution is -2.30. The molecule has 0 aliphatic carbocycles. The van der Waals surface area contributed by atoms with Crippen LogP contribution >= 0.6 is 0 Å². The van der Waals surface area contributed by atoms with Gasteiger partial charge in [0.05, 0.1) is 11.0 Å². The lowest BCUT2D eigenvalue weighted by atomic mass is 10.1. The smallest absolute Gasteiger partial charge is 0.246 e. The number of anilines is 1. The van der Waals surface area contributed by atoms with E-state index in [-0.39, 0.29) is 12.5 Å². The topological polar surface area (TPSA) is 58.4 Å². The highest BCUT2D eigenvalue weighted by Gasteiger charge is 2.23. The lowest BCUT2D eigenvalue weighted by molar-refractivity contribution is -0.118. The van der Waals surface area contributed by atoms with Crippen LogP contribution in [0.5, 0.6) is 0 Å². The maximum absolute atomic E-state index is 13.1. The fourth-order valence-corrected chi connectivity index (χ4v) is 3.59. The number of nitrogens with zero attached hydrogens (tertiary/aromatic N) is 3. The van der Waals surface area contributed by atoms with Gasteiger partial charge in [0, 0.05) is 12.7 Å². The Morgan fingerprint density at radius 2 is 1.60 bits per heavy atom. The Hall–Kier alpha value is -3.44. The van der Waals surface area contributed by atoms with E-state index >= 15 is 0 Å². The molecule has 4 rings (SSSR count). The Labute approximate surface area is 176 Å². The summed E-state index contributed by atoms with van der Waals surface area (Å²) in [6, 6.07) is 23.0.